The highest BCUT2D eigenvalue weighted by atomic mass is 16.2. The van der Waals surface area contributed by atoms with Crippen LogP contribution in [0, 0.1) is 0 Å². The Bertz CT molecular complexity index is 301. The van der Waals surface area contributed by atoms with Gasteiger partial charge in [-0.15, -0.1) is 0 Å². The number of urea groups is 1. The summed E-state index contributed by atoms with van der Waals surface area (Å²) in [5.74, 6) is 0. The fraction of sp³-hybridized carbons (Fsp3) is 0.929. The third-order valence-electron chi connectivity index (χ3n) is 4.83. The van der Waals surface area contributed by atoms with Gasteiger partial charge in [0.15, 0.2) is 0 Å². The monoisotopic (exact) mass is 251 g/mol. The van der Waals surface area contributed by atoms with Crippen LogP contribution in [-0.4, -0.2) is 42.1 Å². The van der Waals surface area contributed by atoms with Crippen molar-refractivity contribution in [2.75, 3.05) is 13.1 Å². The molecule has 2 saturated carbocycles. The zero-order valence-electron chi connectivity index (χ0n) is 11.2. The van der Waals surface area contributed by atoms with E-state index in [0.717, 1.165) is 13.1 Å². The highest BCUT2D eigenvalue weighted by molar-refractivity contribution is 5.75. The molecule has 2 aliphatic carbocycles. The summed E-state index contributed by atoms with van der Waals surface area (Å²) >= 11 is 0. The Hall–Kier alpha value is -0.770. The minimum atomic E-state index is 0.195. The fourth-order valence-corrected chi connectivity index (χ4v) is 3.84. The van der Waals surface area contributed by atoms with E-state index in [-0.39, 0.29) is 6.03 Å². The van der Waals surface area contributed by atoms with E-state index < -0.39 is 0 Å². The lowest BCUT2D eigenvalue weighted by molar-refractivity contribution is 0.139. The summed E-state index contributed by atoms with van der Waals surface area (Å²) in [6.07, 6.45) is 9.91. The molecule has 2 amide bonds. The molecule has 2 N–H and O–H groups in total. The van der Waals surface area contributed by atoms with Gasteiger partial charge in [0.2, 0.25) is 0 Å². The summed E-state index contributed by atoms with van der Waals surface area (Å²) in [5.41, 5.74) is 0. The zero-order valence-corrected chi connectivity index (χ0v) is 11.2. The third kappa shape index (κ3) is 2.48. The standard InChI is InChI=1S/C14H25N3O/c18-14(16-11-5-2-1-3-6-11)17-10-9-15-12-7-4-8-13(12)17/h11-13,15H,1-10H2,(H,16,18). The molecule has 4 nitrogen and oxygen atoms in total. The maximum Gasteiger partial charge on any atom is 0.317 e. The quantitative estimate of drug-likeness (QED) is 0.747. The fourth-order valence-electron chi connectivity index (χ4n) is 3.84. The number of carbonyl (C=O) groups excluding carboxylic acids is 1. The van der Waals surface area contributed by atoms with Crippen molar-refractivity contribution in [3.63, 3.8) is 0 Å². The Labute approximate surface area is 109 Å². The number of hydrogen-bond acceptors (Lipinski definition) is 2. The number of amides is 2. The number of hydrogen-bond donors (Lipinski definition) is 2. The van der Waals surface area contributed by atoms with Gasteiger partial charge in [-0.3, -0.25) is 0 Å². The highest BCUT2D eigenvalue weighted by Gasteiger charge is 2.37. The molecular formula is C14H25N3O. The number of nitrogens with zero attached hydrogens (tertiary/aromatic N) is 1. The van der Waals surface area contributed by atoms with E-state index in [0.29, 0.717) is 18.1 Å². The molecule has 0 aromatic heterocycles. The molecule has 4 heteroatoms. The first-order valence-corrected chi connectivity index (χ1v) is 7.65. The predicted octanol–water partition coefficient (Wildman–Crippen LogP) is 1.85. The molecule has 1 heterocycles. The highest BCUT2D eigenvalue weighted by Crippen LogP contribution is 2.27. The third-order valence-corrected chi connectivity index (χ3v) is 4.83. The van der Waals surface area contributed by atoms with Gasteiger partial charge in [0.1, 0.15) is 0 Å². The van der Waals surface area contributed by atoms with Gasteiger partial charge in [0.05, 0.1) is 0 Å². The normalized spacial score (nSPS) is 33.2. The molecule has 1 saturated heterocycles. The van der Waals surface area contributed by atoms with Crippen molar-refractivity contribution in [2.45, 2.75) is 69.5 Å². The molecule has 0 aromatic carbocycles. The van der Waals surface area contributed by atoms with Gasteiger partial charge in [0.25, 0.3) is 0 Å². The van der Waals surface area contributed by atoms with E-state index in [1.807, 2.05) is 0 Å². The van der Waals surface area contributed by atoms with Crippen molar-refractivity contribution in [2.24, 2.45) is 0 Å². The van der Waals surface area contributed by atoms with Gasteiger partial charge in [-0.25, -0.2) is 4.79 Å². The van der Waals surface area contributed by atoms with Gasteiger partial charge in [-0.05, 0) is 32.1 Å². The molecule has 0 aromatic rings. The van der Waals surface area contributed by atoms with Gasteiger partial charge in [-0.2, -0.15) is 0 Å². The van der Waals surface area contributed by atoms with Crippen LogP contribution in [0.4, 0.5) is 4.79 Å². The lowest BCUT2D eigenvalue weighted by atomic mass is 9.95. The lowest BCUT2D eigenvalue weighted by Gasteiger charge is -2.39. The second-order valence-corrected chi connectivity index (χ2v) is 6.04. The smallest absolute Gasteiger partial charge is 0.317 e. The second-order valence-electron chi connectivity index (χ2n) is 6.04. The van der Waals surface area contributed by atoms with E-state index >= 15 is 0 Å². The van der Waals surface area contributed by atoms with Crippen LogP contribution >= 0.6 is 0 Å². The summed E-state index contributed by atoms with van der Waals surface area (Å²) in [4.78, 5) is 14.5. The Morgan fingerprint density at radius 2 is 1.89 bits per heavy atom. The molecule has 18 heavy (non-hydrogen) atoms. The molecule has 102 valence electrons. The van der Waals surface area contributed by atoms with E-state index in [2.05, 4.69) is 15.5 Å². The lowest BCUT2D eigenvalue weighted by Crippen LogP contribution is -2.60. The van der Waals surface area contributed by atoms with Crippen LogP contribution in [0.1, 0.15) is 51.4 Å². The maximum atomic E-state index is 12.4. The van der Waals surface area contributed by atoms with Crippen LogP contribution in [0.3, 0.4) is 0 Å². The summed E-state index contributed by atoms with van der Waals surface area (Å²) in [7, 11) is 0. The summed E-state index contributed by atoms with van der Waals surface area (Å²) in [6.45, 7) is 1.83. The first kappa shape index (κ1) is 12.3. The number of piperazine rings is 1. The number of fused-ring (bicyclic) bond motifs is 1. The predicted molar refractivity (Wildman–Crippen MR) is 71.5 cm³/mol. The zero-order chi connectivity index (χ0) is 12.4. The van der Waals surface area contributed by atoms with Crippen LogP contribution < -0.4 is 10.6 Å². The SMILES string of the molecule is O=C(NC1CCCCC1)N1CCNC2CCCC21. The molecule has 2 atom stereocenters. The van der Waals surface area contributed by atoms with Crippen molar-refractivity contribution >= 4 is 6.03 Å². The van der Waals surface area contributed by atoms with Crippen LogP contribution in [0.2, 0.25) is 0 Å². The molecular weight excluding hydrogens is 226 g/mol. The van der Waals surface area contributed by atoms with Crippen molar-refractivity contribution in [3.8, 4) is 0 Å². The van der Waals surface area contributed by atoms with E-state index in [4.69, 9.17) is 0 Å². The molecule has 0 radical (unpaired) electrons. The average Bonchev–Trinajstić information content (AvgIpc) is 2.87. The van der Waals surface area contributed by atoms with Crippen LogP contribution in [0.15, 0.2) is 0 Å². The molecule has 0 bridgehead atoms. The van der Waals surface area contributed by atoms with Gasteiger partial charge >= 0.3 is 6.03 Å². The van der Waals surface area contributed by atoms with E-state index in [1.54, 1.807) is 0 Å². The van der Waals surface area contributed by atoms with Gasteiger partial charge in [0, 0.05) is 31.2 Å². The number of carbonyl (C=O) groups is 1. The van der Waals surface area contributed by atoms with Crippen molar-refractivity contribution < 1.29 is 4.79 Å². The van der Waals surface area contributed by atoms with Gasteiger partial charge < -0.3 is 15.5 Å². The average molecular weight is 251 g/mol. The molecule has 0 spiro atoms. The topological polar surface area (TPSA) is 44.4 Å². The van der Waals surface area contributed by atoms with Crippen molar-refractivity contribution in [1.29, 1.82) is 0 Å². The maximum absolute atomic E-state index is 12.4. The first-order chi connectivity index (χ1) is 8.84. The minimum Gasteiger partial charge on any atom is -0.335 e. The minimum absolute atomic E-state index is 0.195. The van der Waals surface area contributed by atoms with Crippen LogP contribution in [0.25, 0.3) is 0 Å². The van der Waals surface area contributed by atoms with E-state index in [9.17, 15) is 4.79 Å². The number of rotatable bonds is 1. The van der Waals surface area contributed by atoms with Crippen LogP contribution in [-0.2, 0) is 0 Å². The molecule has 1 aliphatic heterocycles. The van der Waals surface area contributed by atoms with Crippen molar-refractivity contribution in [1.82, 2.24) is 15.5 Å². The Morgan fingerprint density at radius 3 is 2.72 bits per heavy atom. The summed E-state index contributed by atoms with van der Waals surface area (Å²) < 4.78 is 0. The van der Waals surface area contributed by atoms with Crippen LogP contribution in [0.5, 0.6) is 0 Å². The second kappa shape index (κ2) is 5.47. The van der Waals surface area contributed by atoms with Gasteiger partial charge in [-0.1, -0.05) is 19.3 Å². The van der Waals surface area contributed by atoms with Crippen molar-refractivity contribution in [3.05, 3.63) is 0 Å². The Morgan fingerprint density at radius 1 is 1.06 bits per heavy atom. The summed E-state index contributed by atoms with van der Waals surface area (Å²) in [6, 6.07) is 1.62. The molecule has 2 unspecified atom stereocenters. The summed E-state index contributed by atoms with van der Waals surface area (Å²) in [5, 5.41) is 6.81. The first-order valence-electron chi connectivity index (χ1n) is 7.65. The molecule has 3 fully saturated rings. The largest absolute Gasteiger partial charge is 0.335 e. The Kier molecular flexibility index (Phi) is 3.73. The molecule has 3 rings (SSSR count). The molecule has 3 aliphatic rings. The van der Waals surface area contributed by atoms with E-state index in [1.165, 1.54) is 51.4 Å². The number of nitrogens with one attached hydrogen (secondary N) is 2. The Balaban J connectivity index is 1.57.